The average molecular weight is 432 g/mol. The molecule has 1 aliphatic heterocycles. The molecule has 164 valence electrons. The van der Waals surface area contributed by atoms with E-state index in [2.05, 4.69) is 0 Å². The topological polar surface area (TPSA) is 98.1 Å². The molecule has 0 aliphatic carbocycles. The highest BCUT2D eigenvalue weighted by Gasteiger charge is 2.37. The van der Waals surface area contributed by atoms with Crippen molar-refractivity contribution in [3.8, 4) is 5.75 Å². The number of phenols is 1. The van der Waals surface area contributed by atoms with E-state index in [0.717, 1.165) is 12.1 Å². The van der Waals surface area contributed by atoms with E-state index in [4.69, 9.17) is 5.11 Å². The van der Waals surface area contributed by atoms with Crippen LogP contribution in [-0.4, -0.2) is 39.6 Å². The highest BCUT2D eigenvalue weighted by Crippen LogP contribution is 2.36. The lowest BCUT2D eigenvalue weighted by Gasteiger charge is -2.33. The van der Waals surface area contributed by atoms with Crippen molar-refractivity contribution >= 4 is 24.0 Å². The Bertz CT molecular complexity index is 978. The van der Waals surface area contributed by atoms with E-state index in [0.29, 0.717) is 18.4 Å². The molecule has 2 aromatic carbocycles. The third-order valence-corrected chi connectivity index (χ3v) is 5.33. The summed E-state index contributed by atoms with van der Waals surface area (Å²) < 4.78 is 28.2. The monoisotopic (exact) mass is 432 g/mol. The van der Waals surface area contributed by atoms with Gasteiger partial charge in [-0.1, -0.05) is 18.2 Å². The molecular weight excluding hydrogens is 410 g/mol. The average Bonchev–Trinajstić information content (AvgIpc) is 3.08. The van der Waals surface area contributed by atoms with Crippen LogP contribution in [0.2, 0.25) is 0 Å². The summed E-state index contributed by atoms with van der Waals surface area (Å²) in [6.07, 6.45) is 0.467. The maximum Gasteiger partial charge on any atom is 0.303 e. The Balaban J connectivity index is 1.88. The third-order valence-electron chi connectivity index (χ3n) is 5.33. The highest BCUT2D eigenvalue weighted by molar-refractivity contribution is 5.85. The van der Waals surface area contributed by atoms with Gasteiger partial charge in [0.2, 0.25) is 12.3 Å². The van der Waals surface area contributed by atoms with E-state index in [9.17, 15) is 28.3 Å². The molecule has 3 rings (SSSR count). The van der Waals surface area contributed by atoms with Crippen LogP contribution < -0.4 is 4.90 Å². The van der Waals surface area contributed by atoms with E-state index < -0.39 is 23.8 Å². The second-order valence-corrected chi connectivity index (χ2v) is 7.29. The van der Waals surface area contributed by atoms with Crippen molar-refractivity contribution in [3.63, 3.8) is 0 Å². The number of hydrogen-bond donors (Lipinski definition) is 2. The van der Waals surface area contributed by atoms with Gasteiger partial charge >= 0.3 is 5.97 Å². The number of carboxylic acid groups (broad SMARTS) is 1. The third kappa shape index (κ3) is 4.82. The van der Waals surface area contributed by atoms with Gasteiger partial charge in [-0.25, -0.2) is 8.78 Å². The van der Waals surface area contributed by atoms with E-state index in [-0.39, 0.29) is 55.1 Å². The Morgan fingerprint density at radius 2 is 1.87 bits per heavy atom. The maximum absolute atomic E-state index is 14.1. The molecule has 7 nitrogen and oxygen atoms in total. The van der Waals surface area contributed by atoms with E-state index in [1.807, 2.05) is 0 Å². The fraction of sp³-hybridized carbons (Fsp3) is 0.318. The summed E-state index contributed by atoms with van der Waals surface area (Å²) in [6, 6.07) is 8.14. The predicted molar refractivity (Wildman–Crippen MR) is 107 cm³/mol. The number of aliphatic carboxylic acids is 1. The summed E-state index contributed by atoms with van der Waals surface area (Å²) >= 11 is 0. The number of halogens is 2. The van der Waals surface area contributed by atoms with Crippen LogP contribution in [0.5, 0.6) is 5.75 Å². The van der Waals surface area contributed by atoms with Crippen LogP contribution in [0.1, 0.15) is 36.8 Å². The molecule has 1 heterocycles. The lowest BCUT2D eigenvalue weighted by atomic mass is 10.1. The molecule has 1 fully saturated rings. The molecule has 2 N–H and O–H groups in total. The minimum absolute atomic E-state index is 0.0693. The fourth-order valence-electron chi connectivity index (χ4n) is 3.76. The molecular formula is C22H22F2N2O5. The lowest BCUT2D eigenvalue weighted by molar-refractivity contribution is -0.137. The zero-order valence-corrected chi connectivity index (χ0v) is 16.6. The number of para-hydroxylation sites is 1. The number of aromatic hydroxyl groups is 1. The van der Waals surface area contributed by atoms with Gasteiger partial charge in [-0.2, -0.15) is 0 Å². The lowest BCUT2D eigenvalue weighted by Crippen LogP contribution is -2.45. The minimum Gasteiger partial charge on any atom is -0.505 e. The number of carbonyl (C=O) groups is 3. The van der Waals surface area contributed by atoms with E-state index in [1.54, 1.807) is 12.1 Å². The van der Waals surface area contributed by atoms with Crippen LogP contribution in [0.15, 0.2) is 36.4 Å². The van der Waals surface area contributed by atoms with Crippen molar-refractivity contribution in [2.75, 3.05) is 4.90 Å². The fourth-order valence-corrected chi connectivity index (χ4v) is 3.76. The van der Waals surface area contributed by atoms with Crippen LogP contribution in [0.4, 0.5) is 14.5 Å². The van der Waals surface area contributed by atoms with Gasteiger partial charge in [0.15, 0.2) is 0 Å². The molecule has 0 aromatic heterocycles. The molecule has 2 amide bonds. The van der Waals surface area contributed by atoms with Crippen LogP contribution in [-0.2, 0) is 27.3 Å². The van der Waals surface area contributed by atoms with Gasteiger partial charge in [-0.05, 0) is 43.0 Å². The number of carboxylic acids is 1. The Hall–Kier alpha value is -3.49. The maximum atomic E-state index is 14.1. The SMILES string of the molecule is O=CN(c1cccc(CCCC(=O)O)c1O)C1CCC(=O)N1Cc1c(F)cccc1F. The minimum atomic E-state index is -0.953. The number of nitrogens with zero attached hydrogens (tertiary/aromatic N) is 2. The zero-order valence-electron chi connectivity index (χ0n) is 16.6. The first-order valence-electron chi connectivity index (χ1n) is 9.82. The Morgan fingerprint density at radius 3 is 2.52 bits per heavy atom. The number of aryl methyl sites for hydroxylation is 1. The molecule has 31 heavy (non-hydrogen) atoms. The first-order chi connectivity index (χ1) is 14.8. The highest BCUT2D eigenvalue weighted by atomic mass is 19.1. The van der Waals surface area contributed by atoms with Gasteiger partial charge in [-0.15, -0.1) is 0 Å². The van der Waals surface area contributed by atoms with E-state index >= 15 is 0 Å². The predicted octanol–water partition coefficient (Wildman–Crippen LogP) is 3.19. The number of hydrogen-bond acceptors (Lipinski definition) is 4. The van der Waals surface area contributed by atoms with Crippen molar-refractivity contribution in [2.45, 2.75) is 44.8 Å². The van der Waals surface area contributed by atoms with Gasteiger partial charge in [-0.3, -0.25) is 19.3 Å². The van der Waals surface area contributed by atoms with Crippen LogP contribution in [0, 0.1) is 11.6 Å². The molecule has 1 unspecified atom stereocenters. The van der Waals surface area contributed by atoms with Crippen molar-refractivity contribution in [1.29, 1.82) is 0 Å². The summed E-state index contributed by atoms with van der Waals surface area (Å²) in [5.74, 6) is -3.10. The van der Waals surface area contributed by atoms with Gasteiger partial charge in [0.05, 0.1) is 12.2 Å². The number of benzene rings is 2. The molecule has 9 heteroatoms. The number of amides is 2. The first kappa shape index (κ1) is 22.2. The van der Waals surface area contributed by atoms with Gasteiger partial charge in [0.1, 0.15) is 23.5 Å². The molecule has 0 bridgehead atoms. The van der Waals surface area contributed by atoms with Gasteiger partial charge in [0, 0.05) is 18.4 Å². The summed E-state index contributed by atoms with van der Waals surface area (Å²) in [5.41, 5.74) is 0.323. The molecule has 1 atom stereocenters. The summed E-state index contributed by atoms with van der Waals surface area (Å²) in [4.78, 5) is 37.5. The Morgan fingerprint density at radius 1 is 1.19 bits per heavy atom. The smallest absolute Gasteiger partial charge is 0.303 e. The number of likely N-dealkylation sites (tertiary alicyclic amines) is 1. The normalized spacial score (nSPS) is 15.9. The zero-order chi connectivity index (χ0) is 22.5. The van der Waals surface area contributed by atoms with Crippen molar-refractivity contribution in [3.05, 3.63) is 59.2 Å². The van der Waals surface area contributed by atoms with Crippen LogP contribution in [0.3, 0.4) is 0 Å². The second-order valence-electron chi connectivity index (χ2n) is 7.29. The summed E-state index contributed by atoms with van der Waals surface area (Å²) in [7, 11) is 0. The Labute approximate surface area is 177 Å². The Kier molecular flexibility index (Phi) is 6.84. The number of carbonyl (C=O) groups excluding carboxylic acids is 2. The standard InChI is InChI=1S/C22H22F2N2O5/c23-16-6-3-7-17(24)15(16)12-25-19(10-11-20(25)28)26(13-27)18-8-1-4-14(22(18)31)5-2-9-21(29)30/h1,3-4,6-8,13,19,31H,2,5,9-12H2,(H,29,30). The molecule has 0 saturated carbocycles. The van der Waals surface area contributed by atoms with Crippen molar-refractivity contribution in [1.82, 2.24) is 4.90 Å². The second kappa shape index (κ2) is 9.55. The van der Waals surface area contributed by atoms with Crippen LogP contribution in [0.25, 0.3) is 0 Å². The number of phenolic OH excluding ortho intramolecular Hbond substituents is 1. The van der Waals surface area contributed by atoms with Crippen molar-refractivity contribution in [2.24, 2.45) is 0 Å². The molecule has 0 radical (unpaired) electrons. The summed E-state index contributed by atoms with van der Waals surface area (Å²) in [6.45, 7) is -0.356. The number of anilines is 1. The molecule has 1 aliphatic rings. The quantitative estimate of drug-likeness (QED) is 0.593. The summed E-state index contributed by atoms with van der Waals surface area (Å²) in [5, 5.41) is 19.5. The molecule has 1 saturated heterocycles. The first-order valence-corrected chi connectivity index (χ1v) is 9.82. The van der Waals surface area contributed by atoms with Gasteiger partial charge in [0.25, 0.3) is 0 Å². The molecule has 0 spiro atoms. The van der Waals surface area contributed by atoms with Crippen molar-refractivity contribution < 1.29 is 33.4 Å². The number of rotatable bonds is 9. The van der Waals surface area contributed by atoms with E-state index in [1.165, 1.54) is 21.9 Å². The van der Waals surface area contributed by atoms with Gasteiger partial charge < -0.3 is 15.1 Å². The molecule has 2 aromatic rings. The van der Waals surface area contributed by atoms with Crippen LogP contribution >= 0.6 is 0 Å². The largest absolute Gasteiger partial charge is 0.505 e.